The van der Waals surface area contributed by atoms with Crippen molar-refractivity contribution in [2.75, 3.05) is 14.2 Å². The van der Waals surface area contributed by atoms with Gasteiger partial charge in [0.25, 0.3) is 11.6 Å². The molecule has 134 valence electrons. The van der Waals surface area contributed by atoms with Crippen LogP contribution in [0.4, 0.5) is 5.69 Å². The minimum atomic E-state index is -0.475. The summed E-state index contributed by atoms with van der Waals surface area (Å²) in [7, 11) is 3.10. The van der Waals surface area contributed by atoms with Crippen molar-refractivity contribution in [2.24, 2.45) is 0 Å². The maximum absolute atomic E-state index is 10.6. The van der Waals surface area contributed by atoms with Crippen molar-refractivity contribution in [3.05, 3.63) is 58.5 Å². The van der Waals surface area contributed by atoms with Crippen LogP contribution in [0.5, 0.6) is 17.2 Å². The van der Waals surface area contributed by atoms with E-state index in [1.165, 1.54) is 24.3 Å². The Morgan fingerprint density at radius 3 is 2.46 bits per heavy atom. The molecular weight excluding hydrogens is 342 g/mol. The summed E-state index contributed by atoms with van der Waals surface area (Å²) >= 11 is 0. The third-order valence-corrected chi connectivity index (χ3v) is 3.52. The first-order valence-electron chi connectivity index (χ1n) is 7.53. The highest BCUT2D eigenvalue weighted by Crippen LogP contribution is 2.31. The molecule has 0 saturated carbocycles. The van der Waals surface area contributed by atoms with E-state index in [1.807, 2.05) is 0 Å². The van der Waals surface area contributed by atoms with Gasteiger partial charge < -0.3 is 18.7 Å². The van der Waals surface area contributed by atoms with E-state index in [0.29, 0.717) is 28.6 Å². The highest BCUT2D eigenvalue weighted by molar-refractivity contribution is 5.60. The summed E-state index contributed by atoms with van der Waals surface area (Å²) in [5, 5.41) is 14.5. The van der Waals surface area contributed by atoms with E-state index >= 15 is 0 Å². The molecule has 0 N–H and O–H groups in total. The van der Waals surface area contributed by atoms with Crippen LogP contribution >= 0.6 is 0 Å². The lowest BCUT2D eigenvalue weighted by Crippen LogP contribution is -1.96. The van der Waals surface area contributed by atoms with Crippen molar-refractivity contribution < 1.29 is 23.7 Å². The predicted octanol–water partition coefficient (Wildman–Crippen LogP) is 3.24. The third-order valence-electron chi connectivity index (χ3n) is 3.52. The first-order chi connectivity index (χ1) is 12.6. The zero-order valence-electron chi connectivity index (χ0n) is 14.0. The Labute approximate surface area is 148 Å². The molecule has 26 heavy (non-hydrogen) atoms. The molecule has 0 aliphatic rings. The van der Waals surface area contributed by atoms with Crippen LogP contribution in [0, 0.1) is 10.1 Å². The maximum atomic E-state index is 10.6. The quantitative estimate of drug-likeness (QED) is 0.468. The number of rotatable bonds is 7. The first kappa shape index (κ1) is 17.2. The molecule has 1 aromatic heterocycles. The molecule has 3 rings (SSSR count). The van der Waals surface area contributed by atoms with Gasteiger partial charge in [0, 0.05) is 17.7 Å². The van der Waals surface area contributed by atoms with E-state index in [2.05, 4.69) is 10.1 Å². The Morgan fingerprint density at radius 1 is 1.08 bits per heavy atom. The van der Waals surface area contributed by atoms with Gasteiger partial charge in [0.2, 0.25) is 5.82 Å². The number of hydrogen-bond acceptors (Lipinski definition) is 8. The molecule has 0 fully saturated rings. The topological polar surface area (TPSA) is 110 Å². The van der Waals surface area contributed by atoms with Gasteiger partial charge in [-0.2, -0.15) is 4.98 Å². The summed E-state index contributed by atoms with van der Waals surface area (Å²) < 4.78 is 21.1. The van der Waals surface area contributed by atoms with Crippen molar-refractivity contribution in [3.8, 4) is 28.6 Å². The third kappa shape index (κ3) is 3.72. The second kappa shape index (κ2) is 7.51. The van der Waals surface area contributed by atoms with E-state index in [9.17, 15) is 10.1 Å². The molecule has 9 heteroatoms. The van der Waals surface area contributed by atoms with Gasteiger partial charge in [0.05, 0.1) is 19.1 Å². The van der Waals surface area contributed by atoms with Crippen LogP contribution in [0.1, 0.15) is 5.89 Å². The van der Waals surface area contributed by atoms with E-state index in [0.717, 1.165) is 0 Å². The summed E-state index contributed by atoms with van der Waals surface area (Å²) in [6, 6.07) is 11.0. The van der Waals surface area contributed by atoms with Gasteiger partial charge in [0.1, 0.15) is 5.75 Å². The van der Waals surface area contributed by atoms with Gasteiger partial charge in [-0.25, -0.2) is 0 Å². The van der Waals surface area contributed by atoms with Crippen LogP contribution in [0.15, 0.2) is 47.0 Å². The van der Waals surface area contributed by atoms with Crippen LogP contribution in [-0.2, 0) is 6.61 Å². The molecule has 0 bridgehead atoms. The second-order valence-corrected chi connectivity index (χ2v) is 5.12. The van der Waals surface area contributed by atoms with E-state index in [-0.39, 0.29) is 18.2 Å². The molecule has 3 aromatic rings. The van der Waals surface area contributed by atoms with Gasteiger partial charge in [0.15, 0.2) is 18.1 Å². The van der Waals surface area contributed by atoms with Crippen molar-refractivity contribution >= 4 is 5.69 Å². The van der Waals surface area contributed by atoms with Gasteiger partial charge in [-0.05, 0) is 30.3 Å². The van der Waals surface area contributed by atoms with Crippen molar-refractivity contribution in [1.29, 1.82) is 0 Å². The van der Waals surface area contributed by atoms with Gasteiger partial charge in [-0.3, -0.25) is 10.1 Å². The predicted molar refractivity (Wildman–Crippen MR) is 90.3 cm³/mol. The molecule has 2 aromatic carbocycles. The Balaban J connectivity index is 1.69. The van der Waals surface area contributed by atoms with Crippen LogP contribution in [0.3, 0.4) is 0 Å². The average molecular weight is 357 g/mol. The SMILES string of the molecule is COc1ccc(-c2noc(COc3ccc([N+](=O)[O-])cc3)n2)cc1OC. The van der Waals surface area contributed by atoms with E-state index < -0.39 is 4.92 Å². The molecule has 9 nitrogen and oxygen atoms in total. The largest absolute Gasteiger partial charge is 0.493 e. The number of ether oxygens (including phenoxy) is 3. The molecular formula is C17H15N3O6. The number of nitro benzene ring substituents is 1. The van der Waals surface area contributed by atoms with Crippen LogP contribution in [0.2, 0.25) is 0 Å². The zero-order chi connectivity index (χ0) is 18.5. The summed E-state index contributed by atoms with van der Waals surface area (Å²) in [4.78, 5) is 14.4. The molecule has 0 unspecified atom stereocenters. The number of methoxy groups -OCH3 is 2. The summed E-state index contributed by atoms with van der Waals surface area (Å²) in [5.41, 5.74) is 0.693. The lowest BCUT2D eigenvalue weighted by molar-refractivity contribution is -0.384. The first-order valence-corrected chi connectivity index (χ1v) is 7.53. The smallest absolute Gasteiger partial charge is 0.269 e. The van der Waals surface area contributed by atoms with Gasteiger partial charge >= 0.3 is 0 Å². The summed E-state index contributed by atoms with van der Waals surface area (Å²) in [6.45, 7) is 0.0398. The maximum Gasteiger partial charge on any atom is 0.269 e. The Kier molecular flexibility index (Phi) is 4.97. The second-order valence-electron chi connectivity index (χ2n) is 5.12. The fourth-order valence-electron chi connectivity index (χ4n) is 2.22. The minimum absolute atomic E-state index is 0.00844. The average Bonchev–Trinajstić information content (AvgIpc) is 3.15. The summed E-state index contributed by atoms with van der Waals surface area (Å²) in [6.07, 6.45) is 0. The molecule has 0 amide bonds. The lowest BCUT2D eigenvalue weighted by atomic mass is 10.2. The van der Waals surface area contributed by atoms with Gasteiger partial charge in [-0.15, -0.1) is 0 Å². The molecule has 0 aliphatic heterocycles. The Hall–Kier alpha value is -3.62. The van der Waals surface area contributed by atoms with Gasteiger partial charge in [-0.1, -0.05) is 5.16 Å². The number of non-ortho nitro benzene ring substituents is 1. The molecule has 1 heterocycles. The van der Waals surface area contributed by atoms with E-state index in [1.54, 1.807) is 32.4 Å². The minimum Gasteiger partial charge on any atom is -0.493 e. The number of nitro groups is 1. The normalized spacial score (nSPS) is 10.4. The molecule has 0 aliphatic carbocycles. The van der Waals surface area contributed by atoms with E-state index in [4.69, 9.17) is 18.7 Å². The molecule has 0 spiro atoms. The van der Waals surface area contributed by atoms with Crippen LogP contribution < -0.4 is 14.2 Å². The van der Waals surface area contributed by atoms with Crippen LogP contribution in [0.25, 0.3) is 11.4 Å². The monoisotopic (exact) mass is 357 g/mol. The molecule has 0 atom stereocenters. The number of benzene rings is 2. The fourth-order valence-corrected chi connectivity index (χ4v) is 2.22. The highest BCUT2D eigenvalue weighted by atomic mass is 16.6. The summed E-state index contributed by atoms with van der Waals surface area (Å²) in [5.74, 6) is 2.27. The number of nitrogens with zero attached hydrogens (tertiary/aromatic N) is 3. The standard InChI is InChI=1S/C17H15N3O6/c1-23-14-8-3-11(9-15(14)24-2)17-18-16(26-19-17)10-25-13-6-4-12(5-7-13)20(21)22/h3-9H,10H2,1-2H3. The lowest BCUT2D eigenvalue weighted by Gasteiger charge is -2.07. The highest BCUT2D eigenvalue weighted by Gasteiger charge is 2.13. The van der Waals surface area contributed by atoms with Crippen molar-refractivity contribution in [3.63, 3.8) is 0 Å². The fraction of sp³-hybridized carbons (Fsp3) is 0.176. The molecule has 0 saturated heterocycles. The Morgan fingerprint density at radius 2 is 1.81 bits per heavy atom. The van der Waals surface area contributed by atoms with Crippen molar-refractivity contribution in [2.45, 2.75) is 6.61 Å². The Bertz CT molecular complexity index is 907. The molecule has 0 radical (unpaired) electrons. The zero-order valence-corrected chi connectivity index (χ0v) is 14.0. The number of hydrogen-bond donors (Lipinski definition) is 0. The van der Waals surface area contributed by atoms with Crippen molar-refractivity contribution in [1.82, 2.24) is 10.1 Å². The van der Waals surface area contributed by atoms with Crippen LogP contribution in [-0.4, -0.2) is 29.3 Å². The number of aromatic nitrogens is 2.